The highest BCUT2D eigenvalue weighted by molar-refractivity contribution is 6.07. The molecule has 0 spiro atoms. The van der Waals surface area contributed by atoms with Gasteiger partial charge in [0.05, 0.1) is 0 Å². The summed E-state index contributed by atoms with van der Waals surface area (Å²) in [6, 6.07) is 14.1. The molecule has 0 aliphatic rings. The summed E-state index contributed by atoms with van der Waals surface area (Å²) in [5.74, 6) is -0.0752. The molecular weight excluding hydrogens is 272 g/mol. The Hall–Kier alpha value is -2.55. The van der Waals surface area contributed by atoms with Gasteiger partial charge in [0.1, 0.15) is 5.69 Å². The van der Waals surface area contributed by atoms with Crippen molar-refractivity contribution in [3.63, 3.8) is 0 Å². The lowest BCUT2D eigenvalue weighted by atomic mass is 10.1. The second-order valence-corrected chi connectivity index (χ2v) is 5.88. The third-order valence-electron chi connectivity index (χ3n) is 4.10. The van der Waals surface area contributed by atoms with Crippen LogP contribution in [0.3, 0.4) is 0 Å². The molecule has 3 nitrogen and oxygen atoms in total. The molecule has 0 saturated heterocycles. The Morgan fingerprint density at radius 1 is 1.00 bits per heavy atom. The Labute approximate surface area is 130 Å². The van der Waals surface area contributed by atoms with Gasteiger partial charge in [0, 0.05) is 23.6 Å². The van der Waals surface area contributed by atoms with Gasteiger partial charge in [-0.05, 0) is 44.0 Å². The van der Waals surface area contributed by atoms with Crippen LogP contribution in [0.25, 0.3) is 10.9 Å². The van der Waals surface area contributed by atoms with Crippen LogP contribution in [-0.4, -0.2) is 10.5 Å². The molecule has 0 radical (unpaired) electrons. The van der Waals surface area contributed by atoms with Crippen LogP contribution in [0, 0.1) is 20.8 Å². The van der Waals surface area contributed by atoms with Crippen molar-refractivity contribution in [2.24, 2.45) is 7.05 Å². The average molecular weight is 292 g/mol. The molecule has 1 N–H and O–H groups in total. The largest absolute Gasteiger partial charge is 0.340 e. The lowest BCUT2D eigenvalue weighted by Gasteiger charge is -2.13. The number of amides is 1. The Morgan fingerprint density at radius 3 is 2.27 bits per heavy atom. The number of fused-ring (bicyclic) bond motifs is 1. The van der Waals surface area contributed by atoms with E-state index in [1.807, 2.05) is 55.8 Å². The fourth-order valence-corrected chi connectivity index (χ4v) is 3.06. The van der Waals surface area contributed by atoms with E-state index in [4.69, 9.17) is 0 Å². The number of carbonyl (C=O) groups is 1. The number of hydrogen-bond donors (Lipinski definition) is 1. The van der Waals surface area contributed by atoms with Gasteiger partial charge in [-0.15, -0.1) is 0 Å². The molecule has 1 aromatic heterocycles. The van der Waals surface area contributed by atoms with Gasteiger partial charge in [-0.25, -0.2) is 0 Å². The van der Waals surface area contributed by atoms with Crippen molar-refractivity contribution in [1.82, 2.24) is 4.57 Å². The normalized spacial score (nSPS) is 10.9. The van der Waals surface area contributed by atoms with Gasteiger partial charge in [-0.2, -0.15) is 0 Å². The number of nitrogens with zero attached hydrogens (tertiary/aromatic N) is 1. The molecule has 0 aliphatic carbocycles. The van der Waals surface area contributed by atoms with Crippen LogP contribution in [0.1, 0.15) is 27.2 Å². The zero-order chi connectivity index (χ0) is 15.9. The second kappa shape index (κ2) is 5.34. The van der Waals surface area contributed by atoms with E-state index < -0.39 is 0 Å². The molecule has 0 aliphatic heterocycles. The highest BCUT2D eigenvalue weighted by Crippen LogP contribution is 2.24. The summed E-state index contributed by atoms with van der Waals surface area (Å²) in [6.07, 6.45) is 0. The molecule has 0 unspecified atom stereocenters. The van der Waals surface area contributed by atoms with E-state index in [1.54, 1.807) is 0 Å². The van der Waals surface area contributed by atoms with Crippen LogP contribution in [0.5, 0.6) is 0 Å². The van der Waals surface area contributed by atoms with Gasteiger partial charge in [0.25, 0.3) is 5.91 Å². The first-order valence-electron chi connectivity index (χ1n) is 7.41. The minimum absolute atomic E-state index is 0.0752. The van der Waals surface area contributed by atoms with Crippen molar-refractivity contribution >= 4 is 22.5 Å². The van der Waals surface area contributed by atoms with Crippen molar-refractivity contribution in [2.75, 3.05) is 5.32 Å². The van der Waals surface area contributed by atoms with Crippen LogP contribution >= 0.6 is 0 Å². The maximum absolute atomic E-state index is 12.7. The molecule has 0 bridgehead atoms. The number of carbonyl (C=O) groups excluding carboxylic acids is 1. The molecule has 22 heavy (non-hydrogen) atoms. The Kier molecular flexibility index (Phi) is 3.49. The first-order valence-corrected chi connectivity index (χ1v) is 7.41. The molecule has 3 heteroatoms. The van der Waals surface area contributed by atoms with E-state index in [0.29, 0.717) is 5.69 Å². The Balaban J connectivity index is 1.99. The smallest absolute Gasteiger partial charge is 0.272 e. The molecule has 0 fully saturated rings. The topological polar surface area (TPSA) is 34.0 Å². The zero-order valence-electron chi connectivity index (χ0n) is 13.4. The van der Waals surface area contributed by atoms with Crippen molar-refractivity contribution in [1.29, 1.82) is 0 Å². The summed E-state index contributed by atoms with van der Waals surface area (Å²) < 4.78 is 1.93. The lowest BCUT2D eigenvalue weighted by Crippen LogP contribution is -2.17. The SMILES string of the molecule is Cc1cc(C)c(NC(=O)c2cc3ccccc3n2C)c(C)c1. The minimum atomic E-state index is -0.0752. The van der Waals surface area contributed by atoms with Gasteiger partial charge < -0.3 is 9.88 Å². The van der Waals surface area contributed by atoms with Crippen LogP contribution in [0.15, 0.2) is 42.5 Å². The van der Waals surface area contributed by atoms with Gasteiger partial charge in [-0.1, -0.05) is 35.9 Å². The fraction of sp³-hybridized carbons (Fsp3) is 0.211. The summed E-state index contributed by atoms with van der Waals surface area (Å²) in [7, 11) is 1.92. The van der Waals surface area contributed by atoms with Crippen LogP contribution in [0.4, 0.5) is 5.69 Å². The third-order valence-corrected chi connectivity index (χ3v) is 4.10. The number of rotatable bonds is 2. The molecule has 1 amide bonds. The van der Waals surface area contributed by atoms with E-state index >= 15 is 0 Å². The van der Waals surface area contributed by atoms with E-state index in [9.17, 15) is 4.79 Å². The molecule has 0 atom stereocenters. The van der Waals surface area contributed by atoms with Gasteiger partial charge >= 0.3 is 0 Å². The standard InChI is InChI=1S/C19H20N2O/c1-12-9-13(2)18(14(3)10-12)20-19(22)17-11-15-7-5-6-8-16(15)21(17)4/h5-11H,1-4H3,(H,20,22). The maximum Gasteiger partial charge on any atom is 0.272 e. The van der Waals surface area contributed by atoms with E-state index in [0.717, 1.165) is 27.7 Å². The average Bonchev–Trinajstić information content (AvgIpc) is 2.80. The van der Waals surface area contributed by atoms with Gasteiger partial charge in [0.2, 0.25) is 0 Å². The second-order valence-electron chi connectivity index (χ2n) is 5.88. The molecule has 3 rings (SSSR count). The van der Waals surface area contributed by atoms with Gasteiger partial charge in [-0.3, -0.25) is 4.79 Å². The number of nitrogens with one attached hydrogen (secondary N) is 1. The number of hydrogen-bond acceptors (Lipinski definition) is 1. The summed E-state index contributed by atoms with van der Waals surface area (Å²) >= 11 is 0. The first kappa shape index (κ1) is 14.4. The molecule has 0 saturated carbocycles. The number of aromatic nitrogens is 1. The fourth-order valence-electron chi connectivity index (χ4n) is 3.06. The Bertz CT molecular complexity index is 851. The van der Waals surface area contributed by atoms with Gasteiger partial charge in [0.15, 0.2) is 0 Å². The number of anilines is 1. The molecule has 2 aromatic carbocycles. The van der Waals surface area contributed by atoms with Crippen LogP contribution < -0.4 is 5.32 Å². The first-order chi connectivity index (χ1) is 10.5. The molecular formula is C19H20N2O. The van der Waals surface area contributed by atoms with Crippen LogP contribution in [0.2, 0.25) is 0 Å². The summed E-state index contributed by atoms with van der Waals surface area (Å²) in [6.45, 7) is 6.11. The quantitative estimate of drug-likeness (QED) is 0.748. The minimum Gasteiger partial charge on any atom is -0.340 e. The van der Waals surface area contributed by atoms with Crippen molar-refractivity contribution in [2.45, 2.75) is 20.8 Å². The van der Waals surface area contributed by atoms with Crippen molar-refractivity contribution in [3.8, 4) is 0 Å². The zero-order valence-corrected chi connectivity index (χ0v) is 13.4. The predicted octanol–water partition coefficient (Wildman–Crippen LogP) is 4.36. The van der Waals surface area contributed by atoms with E-state index in [2.05, 4.69) is 24.4 Å². The third kappa shape index (κ3) is 2.39. The number of para-hydroxylation sites is 1. The molecule has 3 aromatic rings. The Morgan fingerprint density at radius 2 is 1.64 bits per heavy atom. The summed E-state index contributed by atoms with van der Waals surface area (Å²) in [5, 5.41) is 4.14. The monoisotopic (exact) mass is 292 g/mol. The van der Waals surface area contributed by atoms with E-state index in [-0.39, 0.29) is 5.91 Å². The predicted molar refractivity (Wildman–Crippen MR) is 91.5 cm³/mol. The molecule has 1 heterocycles. The maximum atomic E-state index is 12.7. The van der Waals surface area contributed by atoms with Crippen molar-refractivity contribution < 1.29 is 4.79 Å². The highest BCUT2D eigenvalue weighted by Gasteiger charge is 2.15. The summed E-state index contributed by atoms with van der Waals surface area (Å²) in [5.41, 5.74) is 6.01. The lowest BCUT2D eigenvalue weighted by molar-refractivity contribution is 0.101. The molecule has 112 valence electrons. The van der Waals surface area contributed by atoms with Crippen molar-refractivity contribution in [3.05, 3.63) is 64.8 Å². The highest BCUT2D eigenvalue weighted by atomic mass is 16.1. The number of aryl methyl sites for hydroxylation is 4. The number of benzene rings is 2. The van der Waals surface area contributed by atoms with Crippen LogP contribution in [-0.2, 0) is 7.05 Å². The summed E-state index contributed by atoms with van der Waals surface area (Å²) in [4.78, 5) is 12.7. The van der Waals surface area contributed by atoms with E-state index in [1.165, 1.54) is 5.56 Å².